The molecule has 0 N–H and O–H groups in total. The third-order valence-electron chi connectivity index (χ3n) is 11.0. The fourth-order valence-corrected chi connectivity index (χ4v) is 6.97. The quantitative estimate of drug-likeness (QED) is 0.0262. The standard InChI is InChI=1S/C65H100O6/c1-4-7-10-13-16-19-22-25-28-30-32-34-37-40-43-46-49-52-55-58-64(67)70-61-62(60-69-63(66)57-54-51-48-45-42-39-36-27-24-21-18-15-12-9-6-3)71-65(68)59-56-53-50-47-44-41-38-35-33-31-29-26-23-20-17-14-11-8-5-2/h7-12,16-21,25-29,32-36,42,45,51,54,62H,4-6,13-15,22-24,30-31,37-41,43-44,46-50,52-53,55-61H2,1-3H3/b10-7-,11-8-,12-9-,19-16-,20-17-,21-18-,28-25-,29-26-,34-32-,35-33-,36-27-,45-42-,54-51-. The van der Waals surface area contributed by atoms with Gasteiger partial charge in [0.2, 0.25) is 0 Å². The van der Waals surface area contributed by atoms with Gasteiger partial charge in [-0.2, -0.15) is 0 Å². The second kappa shape index (κ2) is 57.6. The minimum atomic E-state index is -0.840. The topological polar surface area (TPSA) is 78.9 Å². The number of esters is 3. The fourth-order valence-electron chi connectivity index (χ4n) is 6.97. The summed E-state index contributed by atoms with van der Waals surface area (Å²) in [7, 11) is 0. The van der Waals surface area contributed by atoms with Gasteiger partial charge in [0.15, 0.2) is 6.10 Å². The number of unbranched alkanes of at least 4 members (excludes halogenated alkanes) is 12. The van der Waals surface area contributed by atoms with Crippen molar-refractivity contribution < 1.29 is 28.6 Å². The maximum Gasteiger partial charge on any atom is 0.309 e. The van der Waals surface area contributed by atoms with Crippen molar-refractivity contribution in [2.24, 2.45) is 0 Å². The minimum Gasteiger partial charge on any atom is -0.462 e. The van der Waals surface area contributed by atoms with Crippen molar-refractivity contribution in [2.45, 2.75) is 219 Å². The zero-order valence-corrected chi connectivity index (χ0v) is 45.2. The summed E-state index contributed by atoms with van der Waals surface area (Å²) in [5.74, 6) is -1.10. The van der Waals surface area contributed by atoms with Crippen LogP contribution in [0.25, 0.3) is 0 Å². The van der Waals surface area contributed by atoms with Crippen LogP contribution >= 0.6 is 0 Å². The van der Waals surface area contributed by atoms with Gasteiger partial charge in [0.05, 0.1) is 6.42 Å². The molecule has 0 heterocycles. The first-order valence-corrected chi connectivity index (χ1v) is 28.0. The van der Waals surface area contributed by atoms with E-state index in [4.69, 9.17) is 14.2 Å². The van der Waals surface area contributed by atoms with Crippen LogP contribution in [-0.4, -0.2) is 37.2 Å². The van der Waals surface area contributed by atoms with Crippen molar-refractivity contribution in [1.82, 2.24) is 0 Å². The SMILES string of the molecule is CC/C=C\C/C=C\C/C=C\C/C=C\C/C=C\CC(=O)OCC(COC(=O)CCCCCCCC/C=C\C/C=C\C/C=C\C/C=C\CC)OC(=O)CCCCCCCC/C=C\C/C=C\C/C=C\C/C=C\CC. The van der Waals surface area contributed by atoms with Crippen molar-refractivity contribution in [2.75, 3.05) is 13.2 Å². The second-order valence-corrected chi connectivity index (χ2v) is 17.7. The van der Waals surface area contributed by atoms with Crippen molar-refractivity contribution in [3.8, 4) is 0 Å². The van der Waals surface area contributed by atoms with E-state index in [1.54, 1.807) is 6.08 Å². The van der Waals surface area contributed by atoms with E-state index in [9.17, 15) is 14.4 Å². The zero-order valence-electron chi connectivity index (χ0n) is 45.2. The van der Waals surface area contributed by atoms with E-state index in [0.29, 0.717) is 6.42 Å². The number of rotatable bonds is 48. The molecule has 0 aromatic carbocycles. The Balaban J connectivity index is 4.57. The average Bonchev–Trinajstić information content (AvgIpc) is 3.37. The molecule has 1 unspecified atom stereocenters. The van der Waals surface area contributed by atoms with Gasteiger partial charge in [-0.3, -0.25) is 14.4 Å². The van der Waals surface area contributed by atoms with Crippen LogP contribution in [0, 0.1) is 0 Å². The molecule has 0 saturated heterocycles. The molecule has 0 bridgehead atoms. The van der Waals surface area contributed by atoms with Gasteiger partial charge in [0.25, 0.3) is 0 Å². The summed E-state index contributed by atoms with van der Waals surface area (Å²) >= 11 is 0. The van der Waals surface area contributed by atoms with Gasteiger partial charge in [-0.25, -0.2) is 0 Å². The normalized spacial score (nSPS) is 13.3. The first-order chi connectivity index (χ1) is 35.0. The van der Waals surface area contributed by atoms with E-state index in [2.05, 4.69) is 167 Å². The van der Waals surface area contributed by atoms with Crippen LogP contribution in [0.4, 0.5) is 0 Å². The number of ether oxygens (including phenoxy) is 3. The lowest BCUT2D eigenvalue weighted by Crippen LogP contribution is -2.30. The third-order valence-corrected chi connectivity index (χ3v) is 11.0. The number of carbonyl (C=O) groups excluding carboxylic acids is 3. The van der Waals surface area contributed by atoms with Crippen LogP contribution in [0.2, 0.25) is 0 Å². The summed E-state index contributed by atoms with van der Waals surface area (Å²) in [5.41, 5.74) is 0. The van der Waals surface area contributed by atoms with Crippen LogP contribution in [-0.2, 0) is 28.6 Å². The molecule has 0 aliphatic rings. The predicted octanol–water partition coefficient (Wildman–Crippen LogP) is 19.0. The maximum atomic E-state index is 12.9. The predicted molar refractivity (Wildman–Crippen MR) is 306 cm³/mol. The van der Waals surface area contributed by atoms with Crippen LogP contribution in [0.15, 0.2) is 158 Å². The summed E-state index contributed by atoms with van der Waals surface area (Å²) in [6, 6.07) is 0. The molecule has 0 aliphatic heterocycles. The lowest BCUT2D eigenvalue weighted by atomic mass is 10.1. The van der Waals surface area contributed by atoms with Gasteiger partial charge >= 0.3 is 17.9 Å². The first-order valence-electron chi connectivity index (χ1n) is 28.0. The molecule has 396 valence electrons. The number of allylic oxidation sites excluding steroid dienone is 25. The van der Waals surface area contributed by atoms with Crippen LogP contribution < -0.4 is 0 Å². The number of hydrogen-bond acceptors (Lipinski definition) is 6. The molecule has 0 aromatic heterocycles. The minimum absolute atomic E-state index is 0.113. The molecule has 6 nitrogen and oxygen atoms in total. The van der Waals surface area contributed by atoms with E-state index in [-0.39, 0.29) is 38.0 Å². The summed E-state index contributed by atoms with van der Waals surface area (Å²) in [5, 5.41) is 0. The monoisotopic (exact) mass is 977 g/mol. The average molecular weight is 978 g/mol. The van der Waals surface area contributed by atoms with Crippen molar-refractivity contribution in [1.29, 1.82) is 0 Å². The largest absolute Gasteiger partial charge is 0.462 e. The molecule has 0 fully saturated rings. The Labute approximate surface area is 435 Å². The van der Waals surface area contributed by atoms with E-state index in [0.717, 1.165) is 148 Å². The molecule has 0 saturated carbocycles. The van der Waals surface area contributed by atoms with Gasteiger partial charge in [-0.05, 0) is 122 Å². The van der Waals surface area contributed by atoms with Crippen LogP contribution in [0.1, 0.15) is 213 Å². The fraction of sp³-hybridized carbons (Fsp3) is 0.554. The van der Waals surface area contributed by atoms with E-state index >= 15 is 0 Å². The highest BCUT2D eigenvalue weighted by Gasteiger charge is 2.19. The van der Waals surface area contributed by atoms with Crippen molar-refractivity contribution in [3.63, 3.8) is 0 Å². The summed E-state index contributed by atoms with van der Waals surface area (Å²) in [6.45, 7) is 6.17. The Kier molecular flexibility index (Phi) is 53.6. The Hall–Kier alpha value is -4.97. The summed E-state index contributed by atoms with van der Waals surface area (Å²) in [4.78, 5) is 38.1. The Morgan fingerprint density at radius 3 is 0.915 bits per heavy atom. The van der Waals surface area contributed by atoms with Gasteiger partial charge in [0.1, 0.15) is 13.2 Å². The van der Waals surface area contributed by atoms with Gasteiger partial charge in [-0.1, -0.05) is 230 Å². The number of carbonyl (C=O) groups is 3. The number of hydrogen-bond donors (Lipinski definition) is 0. The Morgan fingerprint density at radius 2 is 0.563 bits per heavy atom. The molecule has 1 atom stereocenters. The first kappa shape index (κ1) is 66.0. The highest BCUT2D eigenvalue weighted by Crippen LogP contribution is 2.13. The second-order valence-electron chi connectivity index (χ2n) is 17.7. The summed E-state index contributed by atoms with van der Waals surface area (Å²) < 4.78 is 16.7. The van der Waals surface area contributed by atoms with Crippen LogP contribution in [0.3, 0.4) is 0 Å². The van der Waals surface area contributed by atoms with E-state index in [1.165, 1.54) is 25.7 Å². The third kappa shape index (κ3) is 55.8. The molecule has 0 spiro atoms. The van der Waals surface area contributed by atoms with Gasteiger partial charge in [-0.15, -0.1) is 0 Å². The molecular formula is C65H100O6. The van der Waals surface area contributed by atoms with E-state index in [1.807, 2.05) is 6.08 Å². The molecule has 0 amide bonds. The molecule has 71 heavy (non-hydrogen) atoms. The van der Waals surface area contributed by atoms with Crippen LogP contribution in [0.5, 0.6) is 0 Å². The maximum absolute atomic E-state index is 12.9. The van der Waals surface area contributed by atoms with E-state index < -0.39 is 12.1 Å². The molecular weight excluding hydrogens is 877 g/mol. The van der Waals surface area contributed by atoms with Gasteiger partial charge < -0.3 is 14.2 Å². The summed E-state index contributed by atoms with van der Waals surface area (Å²) in [6.07, 6.45) is 83.9. The highest BCUT2D eigenvalue weighted by atomic mass is 16.6. The smallest absolute Gasteiger partial charge is 0.309 e. The molecule has 6 heteroatoms. The highest BCUT2D eigenvalue weighted by molar-refractivity contribution is 5.72. The Morgan fingerprint density at radius 1 is 0.296 bits per heavy atom. The lowest BCUT2D eigenvalue weighted by Gasteiger charge is -2.18. The molecule has 0 radical (unpaired) electrons. The lowest BCUT2D eigenvalue weighted by molar-refractivity contribution is -0.166. The Bertz CT molecular complexity index is 1640. The molecule has 0 aromatic rings. The van der Waals surface area contributed by atoms with Crippen molar-refractivity contribution >= 4 is 17.9 Å². The molecule has 0 aliphatic carbocycles. The van der Waals surface area contributed by atoms with Crippen molar-refractivity contribution in [3.05, 3.63) is 158 Å². The zero-order chi connectivity index (χ0) is 51.4. The van der Waals surface area contributed by atoms with Gasteiger partial charge in [0, 0.05) is 12.8 Å². The molecule has 0 rings (SSSR count).